The topological polar surface area (TPSA) is 167 Å². The van der Waals surface area contributed by atoms with Gasteiger partial charge in [0.05, 0.1) is 29.6 Å². The highest BCUT2D eigenvalue weighted by atomic mass is 32.2. The highest BCUT2D eigenvalue weighted by Crippen LogP contribution is 2.31. The molecule has 4 rings (SSSR count). The molecule has 2 aromatic carbocycles. The third-order valence-electron chi connectivity index (χ3n) is 5.97. The van der Waals surface area contributed by atoms with E-state index in [1.807, 2.05) is 30.3 Å². The van der Waals surface area contributed by atoms with E-state index in [1.54, 1.807) is 7.11 Å². The zero-order chi connectivity index (χ0) is 27.9. The monoisotopic (exact) mass is 549 g/mol. The molecule has 0 radical (unpaired) electrons. The Hall–Kier alpha value is -4.67. The molecular formula is C26H24FN7O4S. The molecule has 0 saturated heterocycles. The van der Waals surface area contributed by atoms with Crippen LogP contribution in [-0.4, -0.2) is 43.3 Å². The third-order valence-corrected chi connectivity index (χ3v) is 6.72. The van der Waals surface area contributed by atoms with Gasteiger partial charge in [-0.3, -0.25) is 18.6 Å². The maximum atomic E-state index is 15.7. The fraction of sp³-hybridized carbons (Fsp3) is 0.192. The minimum Gasteiger partial charge on any atom is -0.497 e. The van der Waals surface area contributed by atoms with E-state index in [0.717, 1.165) is 15.6 Å². The average molecular weight is 550 g/mol. The van der Waals surface area contributed by atoms with Gasteiger partial charge >= 0.3 is 0 Å². The van der Waals surface area contributed by atoms with Crippen LogP contribution in [0.3, 0.4) is 0 Å². The second kappa shape index (κ2) is 12.2. The normalized spacial score (nSPS) is 11.5. The van der Waals surface area contributed by atoms with E-state index in [2.05, 4.69) is 20.3 Å². The number of nitriles is 1. The number of aryl methyl sites for hydroxylation is 1. The lowest BCUT2D eigenvalue weighted by atomic mass is 10.1. The molecule has 0 aliphatic heterocycles. The molecule has 1 atom stereocenters. The Morgan fingerprint density at radius 3 is 2.62 bits per heavy atom. The number of anilines is 3. The Labute approximate surface area is 225 Å². The highest BCUT2D eigenvalue weighted by molar-refractivity contribution is 7.80. The minimum atomic E-state index is -2.56. The summed E-state index contributed by atoms with van der Waals surface area (Å²) in [5, 5.41) is 11.9. The number of hydrogen-bond acceptors (Lipinski definition) is 8. The first-order valence-electron chi connectivity index (χ1n) is 11.7. The number of carbonyl (C=O) groups excluding carboxylic acids is 1. The Bertz CT molecular complexity index is 1580. The molecule has 0 fully saturated rings. The summed E-state index contributed by atoms with van der Waals surface area (Å²) < 4.78 is 43.9. The van der Waals surface area contributed by atoms with Crippen molar-refractivity contribution < 1.29 is 22.7 Å². The molecule has 11 nitrogen and oxygen atoms in total. The van der Waals surface area contributed by atoms with Gasteiger partial charge in [-0.2, -0.15) is 5.26 Å². The number of nitrogens with two attached hydrogens (primary N) is 1. The van der Waals surface area contributed by atoms with Crippen LogP contribution >= 0.6 is 0 Å². The summed E-state index contributed by atoms with van der Waals surface area (Å²) in [7, 11) is 1.59. The lowest BCUT2D eigenvalue weighted by Crippen LogP contribution is -2.28. The number of halogens is 1. The summed E-state index contributed by atoms with van der Waals surface area (Å²) in [6.45, 7) is 0.0562. The number of methoxy groups -OCH3 is 1. The van der Waals surface area contributed by atoms with Gasteiger partial charge in [-0.1, -0.05) is 12.1 Å². The molecule has 200 valence electrons. The smallest absolute Gasteiger partial charge is 0.261 e. The van der Waals surface area contributed by atoms with Crippen LogP contribution in [-0.2, 0) is 17.7 Å². The van der Waals surface area contributed by atoms with Crippen molar-refractivity contribution in [1.29, 1.82) is 5.26 Å². The molecule has 0 saturated carbocycles. The highest BCUT2D eigenvalue weighted by Gasteiger charge is 2.24. The average Bonchev–Trinajstić information content (AvgIpc) is 2.94. The van der Waals surface area contributed by atoms with E-state index >= 15 is 4.39 Å². The van der Waals surface area contributed by atoms with Crippen molar-refractivity contribution in [2.75, 3.05) is 29.0 Å². The SMILES string of the molecule is COc1ccc(CCCCN(c2ccc(C#N)c(NC(=O)c3ccnc4c(N)ncnc34)c2F)S(=O)O)cc1. The molecule has 4 aromatic rings. The Morgan fingerprint density at radius 2 is 1.92 bits per heavy atom. The van der Waals surface area contributed by atoms with Gasteiger partial charge in [0.25, 0.3) is 17.2 Å². The number of ether oxygens (including phenoxy) is 1. The van der Waals surface area contributed by atoms with E-state index in [0.29, 0.717) is 19.3 Å². The summed E-state index contributed by atoms with van der Waals surface area (Å²) in [4.78, 5) is 25.1. The Morgan fingerprint density at radius 1 is 1.15 bits per heavy atom. The van der Waals surface area contributed by atoms with Gasteiger partial charge in [-0.05, 0) is 55.2 Å². The summed E-state index contributed by atoms with van der Waals surface area (Å²) >= 11 is -2.56. The number of nitrogens with zero attached hydrogens (tertiary/aromatic N) is 5. The van der Waals surface area contributed by atoms with Gasteiger partial charge in [0.15, 0.2) is 11.6 Å². The molecule has 2 heterocycles. The minimum absolute atomic E-state index is 0.0314. The predicted octanol–water partition coefficient (Wildman–Crippen LogP) is 3.84. The van der Waals surface area contributed by atoms with Gasteiger partial charge < -0.3 is 15.8 Å². The van der Waals surface area contributed by atoms with Gasteiger partial charge in [0, 0.05) is 12.7 Å². The van der Waals surface area contributed by atoms with Gasteiger partial charge in [0.1, 0.15) is 29.2 Å². The Kier molecular flexibility index (Phi) is 8.60. The van der Waals surface area contributed by atoms with Crippen molar-refractivity contribution in [1.82, 2.24) is 15.0 Å². The van der Waals surface area contributed by atoms with Crippen LogP contribution < -0.4 is 20.1 Å². The molecule has 4 N–H and O–H groups in total. The molecule has 0 aliphatic carbocycles. The van der Waals surface area contributed by atoms with Gasteiger partial charge in [-0.15, -0.1) is 0 Å². The number of nitrogen functional groups attached to an aromatic ring is 1. The number of pyridine rings is 1. The lowest BCUT2D eigenvalue weighted by molar-refractivity contribution is 0.102. The second-order valence-corrected chi connectivity index (χ2v) is 9.24. The number of carbonyl (C=O) groups is 1. The first-order valence-corrected chi connectivity index (χ1v) is 12.8. The van der Waals surface area contributed by atoms with Crippen molar-refractivity contribution in [3.05, 3.63) is 77.5 Å². The predicted molar refractivity (Wildman–Crippen MR) is 145 cm³/mol. The van der Waals surface area contributed by atoms with Crippen molar-refractivity contribution in [2.45, 2.75) is 19.3 Å². The maximum Gasteiger partial charge on any atom is 0.261 e. The molecule has 13 heteroatoms. The van der Waals surface area contributed by atoms with Crippen molar-refractivity contribution in [2.24, 2.45) is 0 Å². The summed E-state index contributed by atoms with van der Waals surface area (Å²) in [5.41, 5.74) is 6.42. The number of hydrogen-bond donors (Lipinski definition) is 3. The number of amides is 1. The number of unbranched alkanes of at least 4 members (excludes halogenated alkanes) is 1. The Balaban J connectivity index is 1.55. The zero-order valence-electron chi connectivity index (χ0n) is 20.8. The molecule has 0 spiro atoms. The van der Waals surface area contributed by atoms with Crippen molar-refractivity contribution in [3.8, 4) is 11.8 Å². The first-order chi connectivity index (χ1) is 18.8. The van der Waals surface area contributed by atoms with E-state index < -0.39 is 28.7 Å². The number of benzene rings is 2. The van der Waals surface area contributed by atoms with E-state index in [1.165, 1.54) is 30.7 Å². The van der Waals surface area contributed by atoms with Crippen LogP contribution in [0, 0.1) is 17.1 Å². The van der Waals surface area contributed by atoms with Gasteiger partial charge in [0.2, 0.25) is 0 Å². The molecule has 0 aliphatic rings. The molecule has 1 amide bonds. The van der Waals surface area contributed by atoms with Crippen LogP contribution in [0.15, 0.2) is 55.0 Å². The number of aromatic nitrogens is 3. The number of rotatable bonds is 10. The molecule has 2 aromatic heterocycles. The number of fused-ring (bicyclic) bond motifs is 1. The fourth-order valence-electron chi connectivity index (χ4n) is 3.98. The standard InChI is InChI=1S/C26H24FN7O4S/c1-38-18-8-5-16(6-9-18)4-2-3-13-34(39(36)37)20-10-7-17(14-28)22(21(20)27)33-26(35)19-11-12-30-24-23(19)31-15-32-25(24)29/h5-12,15H,2-4,13H2,1H3,(H,33,35)(H,36,37)(H2,29,31,32). The lowest BCUT2D eigenvalue weighted by Gasteiger charge is -2.22. The van der Waals surface area contributed by atoms with E-state index in [4.69, 9.17) is 10.5 Å². The quantitative estimate of drug-likeness (QED) is 0.197. The maximum absolute atomic E-state index is 15.7. The summed E-state index contributed by atoms with van der Waals surface area (Å²) in [6, 6.07) is 13.3. The first kappa shape index (κ1) is 27.4. The zero-order valence-corrected chi connectivity index (χ0v) is 21.6. The third kappa shape index (κ3) is 6.08. The fourth-order valence-corrected chi connectivity index (χ4v) is 4.57. The van der Waals surface area contributed by atoms with Crippen LogP contribution in [0.25, 0.3) is 11.0 Å². The summed E-state index contributed by atoms with van der Waals surface area (Å²) in [5.74, 6) is -0.987. The molecule has 1 unspecified atom stereocenters. The molecular weight excluding hydrogens is 525 g/mol. The second-order valence-electron chi connectivity index (χ2n) is 8.34. The van der Waals surface area contributed by atoms with Crippen molar-refractivity contribution >= 4 is 45.4 Å². The van der Waals surface area contributed by atoms with Gasteiger partial charge in [-0.25, -0.2) is 18.6 Å². The van der Waals surface area contributed by atoms with E-state index in [9.17, 15) is 18.8 Å². The van der Waals surface area contributed by atoms with Crippen LogP contribution in [0.5, 0.6) is 5.75 Å². The van der Waals surface area contributed by atoms with Crippen LogP contribution in [0.2, 0.25) is 0 Å². The number of nitrogens with one attached hydrogen (secondary N) is 1. The molecule has 39 heavy (non-hydrogen) atoms. The largest absolute Gasteiger partial charge is 0.497 e. The van der Waals surface area contributed by atoms with Crippen LogP contribution in [0.4, 0.5) is 21.6 Å². The van der Waals surface area contributed by atoms with Crippen LogP contribution in [0.1, 0.15) is 34.3 Å². The van der Waals surface area contributed by atoms with E-state index in [-0.39, 0.29) is 40.2 Å². The summed E-state index contributed by atoms with van der Waals surface area (Å²) in [6.07, 6.45) is 4.35. The molecule has 0 bridgehead atoms. The van der Waals surface area contributed by atoms with Crippen molar-refractivity contribution in [3.63, 3.8) is 0 Å².